The summed E-state index contributed by atoms with van der Waals surface area (Å²) in [7, 11) is 0. The van der Waals surface area contributed by atoms with Gasteiger partial charge in [-0.25, -0.2) is 0 Å². The van der Waals surface area contributed by atoms with Crippen LogP contribution < -0.4 is 0 Å². The van der Waals surface area contributed by atoms with Crippen molar-refractivity contribution in [3.8, 4) is 0 Å². The van der Waals surface area contributed by atoms with Gasteiger partial charge >= 0.3 is 0 Å². The second-order valence-corrected chi connectivity index (χ2v) is 2.60. The van der Waals surface area contributed by atoms with Gasteiger partial charge in [0.2, 0.25) is 0 Å². The summed E-state index contributed by atoms with van der Waals surface area (Å²) in [5.74, 6) is 0. The second-order valence-electron chi connectivity index (χ2n) is 2.60. The molecule has 0 aliphatic carbocycles. The Morgan fingerprint density at radius 2 is 1.62 bits per heavy atom. The van der Waals surface area contributed by atoms with E-state index in [9.17, 15) is 0 Å². The summed E-state index contributed by atoms with van der Waals surface area (Å²) in [6.07, 6.45) is 9.61. The first-order valence-electron chi connectivity index (χ1n) is 3.92. The lowest BCUT2D eigenvalue weighted by Gasteiger charge is -1.99. The van der Waals surface area contributed by atoms with E-state index in [1.54, 1.807) is 6.21 Å². The standard InChI is InChI=1S/C11H9N.CH4/c1-2-5-11-7-9-12-8-3-6-10(11)4-1;/h1-9H;1H4. The lowest BCUT2D eigenvalue weighted by molar-refractivity contribution is 1.56. The van der Waals surface area contributed by atoms with Gasteiger partial charge in [0.25, 0.3) is 0 Å². The van der Waals surface area contributed by atoms with Crippen LogP contribution in [0.5, 0.6) is 0 Å². The first-order chi connectivity index (χ1) is 5.97. The summed E-state index contributed by atoms with van der Waals surface area (Å²) in [4.78, 5) is 4.04. The Hall–Kier alpha value is -1.63. The minimum atomic E-state index is 0. The predicted molar refractivity (Wildman–Crippen MR) is 59.7 cm³/mol. The summed E-state index contributed by atoms with van der Waals surface area (Å²) in [6.45, 7) is 0. The van der Waals surface area contributed by atoms with Crippen molar-refractivity contribution in [3.63, 3.8) is 0 Å². The van der Waals surface area contributed by atoms with Crippen LogP contribution in [-0.4, -0.2) is 6.21 Å². The lowest BCUT2D eigenvalue weighted by Crippen LogP contribution is -1.80. The van der Waals surface area contributed by atoms with Crippen LogP contribution in [0.25, 0.3) is 12.2 Å². The molecule has 1 heterocycles. The van der Waals surface area contributed by atoms with Gasteiger partial charge in [-0.2, -0.15) is 0 Å². The van der Waals surface area contributed by atoms with Crippen molar-refractivity contribution < 1.29 is 0 Å². The summed E-state index contributed by atoms with van der Waals surface area (Å²) in [5, 5.41) is 0. The number of hydrogen-bond acceptors (Lipinski definition) is 1. The zero-order chi connectivity index (χ0) is 8.23. The Morgan fingerprint density at radius 3 is 2.38 bits per heavy atom. The molecule has 1 aliphatic heterocycles. The van der Waals surface area contributed by atoms with E-state index in [0.717, 1.165) is 0 Å². The van der Waals surface area contributed by atoms with E-state index >= 15 is 0 Å². The van der Waals surface area contributed by atoms with E-state index in [4.69, 9.17) is 0 Å². The molecule has 66 valence electrons. The van der Waals surface area contributed by atoms with Gasteiger partial charge in [-0.3, -0.25) is 4.99 Å². The van der Waals surface area contributed by atoms with Crippen LogP contribution >= 0.6 is 0 Å². The molecule has 2 rings (SSSR count). The van der Waals surface area contributed by atoms with Crippen LogP contribution in [0.2, 0.25) is 0 Å². The topological polar surface area (TPSA) is 12.4 Å². The zero-order valence-electron chi connectivity index (χ0n) is 6.64. The van der Waals surface area contributed by atoms with E-state index in [1.165, 1.54) is 11.1 Å². The summed E-state index contributed by atoms with van der Waals surface area (Å²) >= 11 is 0. The molecule has 0 unspecified atom stereocenters. The average Bonchev–Trinajstić information content (AvgIpc) is 2.06. The normalized spacial score (nSPS) is 12.6. The maximum absolute atomic E-state index is 4.04. The van der Waals surface area contributed by atoms with Gasteiger partial charge in [0.15, 0.2) is 0 Å². The molecule has 0 fully saturated rings. The van der Waals surface area contributed by atoms with Gasteiger partial charge in [0.1, 0.15) is 0 Å². The van der Waals surface area contributed by atoms with Crippen molar-refractivity contribution in [1.29, 1.82) is 0 Å². The van der Waals surface area contributed by atoms with Crippen LogP contribution in [-0.2, 0) is 0 Å². The third-order valence-electron chi connectivity index (χ3n) is 1.78. The van der Waals surface area contributed by atoms with E-state index < -0.39 is 0 Å². The molecule has 0 N–H and O–H groups in total. The predicted octanol–water partition coefficient (Wildman–Crippen LogP) is 3.39. The number of hydrogen-bond donors (Lipinski definition) is 0. The average molecular weight is 171 g/mol. The Balaban J connectivity index is 0.000000845. The third kappa shape index (κ3) is 2.15. The van der Waals surface area contributed by atoms with Gasteiger partial charge < -0.3 is 0 Å². The van der Waals surface area contributed by atoms with Gasteiger partial charge in [-0.1, -0.05) is 37.8 Å². The number of allylic oxidation sites excluding steroid dienone is 1. The van der Waals surface area contributed by atoms with E-state index in [1.807, 2.05) is 30.5 Å². The number of rotatable bonds is 0. The van der Waals surface area contributed by atoms with Crippen LogP contribution in [0, 0.1) is 0 Å². The highest BCUT2D eigenvalue weighted by Crippen LogP contribution is 2.13. The number of aliphatic imine (C=N–C) groups is 1. The molecule has 0 amide bonds. The Kier molecular flexibility index (Phi) is 3.21. The highest BCUT2D eigenvalue weighted by Gasteiger charge is 1.93. The van der Waals surface area contributed by atoms with Gasteiger partial charge in [0, 0.05) is 12.4 Å². The number of fused-ring (bicyclic) bond motifs is 1. The molecule has 0 spiro atoms. The van der Waals surface area contributed by atoms with Crippen molar-refractivity contribution >= 4 is 18.4 Å². The third-order valence-corrected chi connectivity index (χ3v) is 1.78. The SMILES string of the molecule is C.C1=Cc2ccccc2C=CN=C1. The van der Waals surface area contributed by atoms with Crippen LogP contribution in [0.1, 0.15) is 18.6 Å². The molecule has 0 saturated carbocycles. The van der Waals surface area contributed by atoms with Crippen molar-refractivity contribution in [2.24, 2.45) is 4.99 Å². The maximum Gasteiger partial charge on any atom is 0.0273 e. The fourth-order valence-corrected chi connectivity index (χ4v) is 1.18. The van der Waals surface area contributed by atoms with Gasteiger partial charge in [-0.05, 0) is 23.3 Å². The Morgan fingerprint density at radius 1 is 0.923 bits per heavy atom. The fourth-order valence-electron chi connectivity index (χ4n) is 1.18. The highest BCUT2D eigenvalue weighted by atomic mass is 14.7. The monoisotopic (exact) mass is 171 g/mol. The van der Waals surface area contributed by atoms with E-state index in [-0.39, 0.29) is 7.43 Å². The molecule has 1 aromatic carbocycles. The molecular weight excluding hydrogens is 158 g/mol. The Labute approximate surface area is 79.1 Å². The minimum absolute atomic E-state index is 0. The summed E-state index contributed by atoms with van der Waals surface area (Å²) in [6, 6.07) is 8.24. The molecule has 1 aromatic rings. The maximum atomic E-state index is 4.04. The summed E-state index contributed by atoms with van der Waals surface area (Å²) < 4.78 is 0. The van der Waals surface area contributed by atoms with Crippen molar-refractivity contribution in [3.05, 3.63) is 47.7 Å². The number of nitrogens with zero attached hydrogens (tertiary/aromatic N) is 1. The zero-order valence-corrected chi connectivity index (χ0v) is 6.64. The fraction of sp³-hybridized carbons (Fsp3) is 0.0833. The molecule has 0 atom stereocenters. The van der Waals surface area contributed by atoms with Crippen LogP contribution in [0.15, 0.2) is 41.5 Å². The molecular formula is C12H13N. The molecule has 0 radical (unpaired) electrons. The van der Waals surface area contributed by atoms with Crippen molar-refractivity contribution in [2.45, 2.75) is 7.43 Å². The Bertz CT molecular complexity index is 324. The molecule has 0 bridgehead atoms. The molecule has 0 saturated heterocycles. The largest absolute Gasteiger partial charge is 0.265 e. The molecule has 13 heavy (non-hydrogen) atoms. The summed E-state index contributed by atoms with van der Waals surface area (Å²) in [5.41, 5.74) is 2.45. The van der Waals surface area contributed by atoms with Crippen LogP contribution in [0.3, 0.4) is 0 Å². The smallest absolute Gasteiger partial charge is 0.0273 e. The first-order valence-corrected chi connectivity index (χ1v) is 3.92. The lowest BCUT2D eigenvalue weighted by atomic mass is 10.1. The van der Waals surface area contributed by atoms with Crippen molar-refractivity contribution in [2.75, 3.05) is 0 Å². The molecule has 1 aliphatic rings. The van der Waals surface area contributed by atoms with E-state index in [0.29, 0.717) is 0 Å². The molecule has 1 nitrogen and oxygen atoms in total. The van der Waals surface area contributed by atoms with Gasteiger partial charge in [-0.15, -0.1) is 0 Å². The molecule has 1 heteroatoms. The number of benzene rings is 1. The first kappa shape index (κ1) is 9.46. The van der Waals surface area contributed by atoms with Gasteiger partial charge in [0.05, 0.1) is 0 Å². The van der Waals surface area contributed by atoms with E-state index in [2.05, 4.69) is 23.2 Å². The molecule has 0 aromatic heterocycles. The van der Waals surface area contributed by atoms with Crippen molar-refractivity contribution in [1.82, 2.24) is 0 Å². The highest BCUT2D eigenvalue weighted by molar-refractivity contribution is 5.82. The quantitative estimate of drug-likeness (QED) is 0.567. The van der Waals surface area contributed by atoms with Crippen LogP contribution in [0.4, 0.5) is 0 Å². The minimum Gasteiger partial charge on any atom is -0.265 e. The second kappa shape index (κ2) is 4.41.